The second-order valence-electron chi connectivity index (χ2n) is 4.77. The van der Waals surface area contributed by atoms with Crippen LogP contribution in [0.25, 0.3) is 0 Å². The predicted molar refractivity (Wildman–Crippen MR) is 63.7 cm³/mol. The highest BCUT2D eigenvalue weighted by molar-refractivity contribution is 5.08. The van der Waals surface area contributed by atoms with E-state index < -0.39 is 0 Å². The lowest BCUT2D eigenvalue weighted by Crippen LogP contribution is -2.14. The molecular weight excluding hydrogens is 186 g/mol. The average molecular weight is 209 g/mol. The molecule has 3 nitrogen and oxygen atoms in total. The Hall–Kier alpha value is -0.830. The van der Waals surface area contributed by atoms with Crippen molar-refractivity contribution < 1.29 is 0 Å². The summed E-state index contributed by atoms with van der Waals surface area (Å²) in [6.45, 7) is 8.74. The molecule has 3 N–H and O–H groups in total. The lowest BCUT2D eigenvalue weighted by molar-refractivity contribution is 0.494. The van der Waals surface area contributed by atoms with Gasteiger partial charge in [-0.2, -0.15) is 0 Å². The van der Waals surface area contributed by atoms with E-state index in [4.69, 9.17) is 5.73 Å². The van der Waals surface area contributed by atoms with Crippen LogP contribution in [0.5, 0.6) is 0 Å². The van der Waals surface area contributed by atoms with E-state index in [2.05, 4.69) is 37.7 Å². The van der Waals surface area contributed by atoms with E-state index in [9.17, 15) is 0 Å². The molecule has 1 heterocycles. The van der Waals surface area contributed by atoms with Crippen molar-refractivity contribution in [1.29, 1.82) is 0 Å². The van der Waals surface area contributed by atoms with Crippen LogP contribution in [-0.2, 0) is 0 Å². The highest BCUT2D eigenvalue weighted by Crippen LogP contribution is 2.20. The van der Waals surface area contributed by atoms with Gasteiger partial charge >= 0.3 is 0 Å². The number of nitrogens with zero attached hydrogens (tertiary/aromatic N) is 1. The van der Waals surface area contributed by atoms with Gasteiger partial charge in [-0.25, -0.2) is 4.98 Å². The number of hydrogen-bond donors (Lipinski definition) is 2. The molecule has 0 fully saturated rings. The van der Waals surface area contributed by atoms with Gasteiger partial charge in [-0.15, -0.1) is 0 Å². The number of imidazole rings is 1. The molecule has 0 saturated carbocycles. The lowest BCUT2D eigenvalue weighted by Gasteiger charge is -2.11. The van der Waals surface area contributed by atoms with Gasteiger partial charge in [-0.1, -0.05) is 27.7 Å². The molecule has 15 heavy (non-hydrogen) atoms. The summed E-state index contributed by atoms with van der Waals surface area (Å²) in [5, 5.41) is 0. The van der Waals surface area contributed by atoms with Gasteiger partial charge in [0.1, 0.15) is 5.82 Å². The summed E-state index contributed by atoms with van der Waals surface area (Å²) in [6, 6.07) is 0.0443. The van der Waals surface area contributed by atoms with Gasteiger partial charge in [0.05, 0.1) is 6.04 Å². The molecule has 0 aliphatic carbocycles. The summed E-state index contributed by atoms with van der Waals surface area (Å²) in [5.41, 5.74) is 7.26. The smallest absolute Gasteiger partial charge is 0.123 e. The van der Waals surface area contributed by atoms with Crippen molar-refractivity contribution in [3.05, 3.63) is 17.7 Å². The Labute approximate surface area is 92.5 Å². The van der Waals surface area contributed by atoms with Crippen molar-refractivity contribution in [3.63, 3.8) is 0 Å². The molecule has 86 valence electrons. The maximum atomic E-state index is 6.06. The third-order valence-electron chi connectivity index (χ3n) is 2.83. The van der Waals surface area contributed by atoms with Crippen LogP contribution in [0.15, 0.2) is 6.20 Å². The van der Waals surface area contributed by atoms with Crippen LogP contribution in [0.4, 0.5) is 0 Å². The minimum absolute atomic E-state index is 0.0443. The quantitative estimate of drug-likeness (QED) is 0.783. The number of nitrogens with two attached hydrogens (primary N) is 1. The van der Waals surface area contributed by atoms with Crippen molar-refractivity contribution in [2.24, 2.45) is 11.7 Å². The van der Waals surface area contributed by atoms with E-state index in [1.165, 1.54) is 5.69 Å². The van der Waals surface area contributed by atoms with Gasteiger partial charge in [0.15, 0.2) is 0 Å². The predicted octanol–water partition coefficient (Wildman–Crippen LogP) is 2.97. The minimum Gasteiger partial charge on any atom is -0.344 e. The molecule has 2 atom stereocenters. The summed E-state index contributed by atoms with van der Waals surface area (Å²) in [4.78, 5) is 7.69. The highest BCUT2D eigenvalue weighted by atomic mass is 15.0. The maximum absolute atomic E-state index is 6.06. The molecule has 3 heteroatoms. The minimum atomic E-state index is 0.0443. The van der Waals surface area contributed by atoms with Crippen LogP contribution in [0.2, 0.25) is 0 Å². The third kappa shape index (κ3) is 3.34. The van der Waals surface area contributed by atoms with Gasteiger partial charge in [0, 0.05) is 11.9 Å². The van der Waals surface area contributed by atoms with Crippen molar-refractivity contribution >= 4 is 0 Å². The Morgan fingerprint density at radius 1 is 1.40 bits per heavy atom. The van der Waals surface area contributed by atoms with E-state index >= 15 is 0 Å². The van der Waals surface area contributed by atoms with Crippen molar-refractivity contribution in [2.45, 2.75) is 52.5 Å². The molecule has 0 aromatic carbocycles. The summed E-state index contributed by atoms with van der Waals surface area (Å²) in [5.74, 6) is 2.08. The van der Waals surface area contributed by atoms with E-state index in [0.29, 0.717) is 11.8 Å². The number of hydrogen-bond acceptors (Lipinski definition) is 2. The van der Waals surface area contributed by atoms with Gasteiger partial charge < -0.3 is 10.7 Å². The van der Waals surface area contributed by atoms with Gasteiger partial charge in [0.2, 0.25) is 0 Å². The zero-order valence-corrected chi connectivity index (χ0v) is 10.2. The topological polar surface area (TPSA) is 54.7 Å². The lowest BCUT2D eigenvalue weighted by atomic mass is 10.0. The zero-order chi connectivity index (χ0) is 11.4. The Balaban J connectivity index is 2.66. The molecule has 1 rings (SSSR count). The van der Waals surface area contributed by atoms with Crippen LogP contribution in [0.1, 0.15) is 64.0 Å². The second kappa shape index (κ2) is 5.31. The molecule has 1 aromatic rings. The summed E-state index contributed by atoms with van der Waals surface area (Å²) in [6.07, 6.45) is 4.03. The van der Waals surface area contributed by atoms with Crippen molar-refractivity contribution in [3.8, 4) is 0 Å². The standard InChI is InChI=1S/C12H23N3/c1-5-9(4)11-7-14-12(15-11)10(13)6-8(2)3/h7-10H,5-6,13H2,1-4H3,(H,14,15). The Bertz CT molecular complexity index is 291. The Morgan fingerprint density at radius 3 is 2.60 bits per heavy atom. The monoisotopic (exact) mass is 209 g/mol. The van der Waals surface area contributed by atoms with E-state index in [1.807, 2.05) is 6.20 Å². The molecule has 0 saturated heterocycles. The number of rotatable bonds is 5. The largest absolute Gasteiger partial charge is 0.344 e. The molecular formula is C12H23N3. The molecule has 0 spiro atoms. The molecule has 0 aliphatic rings. The average Bonchev–Trinajstić information content (AvgIpc) is 2.64. The second-order valence-corrected chi connectivity index (χ2v) is 4.77. The fourth-order valence-corrected chi connectivity index (χ4v) is 1.63. The normalized spacial score (nSPS) is 15.6. The first-order chi connectivity index (χ1) is 7.04. The number of H-pyrrole nitrogens is 1. The van der Waals surface area contributed by atoms with E-state index in [0.717, 1.165) is 18.7 Å². The maximum Gasteiger partial charge on any atom is 0.123 e. The van der Waals surface area contributed by atoms with Crippen LogP contribution in [0.3, 0.4) is 0 Å². The van der Waals surface area contributed by atoms with Crippen LogP contribution >= 0.6 is 0 Å². The summed E-state index contributed by atoms with van der Waals surface area (Å²) < 4.78 is 0. The van der Waals surface area contributed by atoms with Crippen LogP contribution in [-0.4, -0.2) is 9.97 Å². The van der Waals surface area contributed by atoms with Gasteiger partial charge in [-0.05, 0) is 24.7 Å². The Kier molecular flexibility index (Phi) is 4.33. The SMILES string of the molecule is CCC(C)c1cnc(C(N)CC(C)C)[nH]1. The number of nitrogens with one attached hydrogen (secondary N) is 1. The van der Waals surface area contributed by atoms with Crippen LogP contribution in [0, 0.1) is 5.92 Å². The van der Waals surface area contributed by atoms with E-state index in [-0.39, 0.29) is 6.04 Å². The molecule has 0 aliphatic heterocycles. The fourth-order valence-electron chi connectivity index (χ4n) is 1.63. The van der Waals surface area contributed by atoms with Gasteiger partial charge in [-0.3, -0.25) is 0 Å². The molecule has 0 amide bonds. The first-order valence-electron chi connectivity index (χ1n) is 5.85. The van der Waals surface area contributed by atoms with Crippen LogP contribution < -0.4 is 5.73 Å². The summed E-state index contributed by atoms with van der Waals surface area (Å²) >= 11 is 0. The fraction of sp³-hybridized carbons (Fsp3) is 0.750. The van der Waals surface area contributed by atoms with Crippen molar-refractivity contribution in [2.75, 3.05) is 0 Å². The summed E-state index contributed by atoms with van der Waals surface area (Å²) in [7, 11) is 0. The van der Waals surface area contributed by atoms with Crippen molar-refractivity contribution in [1.82, 2.24) is 9.97 Å². The molecule has 0 bridgehead atoms. The highest BCUT2D eigenvalue weighted by Gasteiger charge is 2.13. The molecule has 1 aromatic heterocycles. The number of aromatic nitrogens is 2. The molecule has 0 radical (unpaired) electrons. The molecule has 2 unspecified atom stereocenters. The van der Waals surface area contributed by atoms with Gasteiger partial charge in [0.25, 0.3) is 0 Å². The third-order valence-corrected chi connectivity index (χ3v) is 2.83. The first kappa shape index (κ1) is 12.2. The Morgan fingerprint density at radius 2 is 2.07 bits per heavy atom. The number of aromatic amines is 1. The van der Waals surface area contributed by atoms with E-state index in [1.54, 1.807) is 0 Å². The first-order valence-corrected chi connectivity index (χ1v) is 5.85. The zero-order valence-electron chi connectivity index (χ0n) is 10.2.